The van der Waals surface area contributed by atoms with E-state index in [2.05, 4.69) is 59.5 Å². The Labute approximate surface area is 265 Å². The van der Waals surface area contributed by atoms with Crippen LogP contribution in [0.15, 0.2) is 30.8 Å². The van der Waals surface area contributed by atoms with Crippen molar-refractivity contribution in [2.45, 2.75) is 77.3 Å². The molecule has 0 aliphatic carbocycles. The van der Waals surface area contributed by atoms with E-state index < -0.39 is 0 Å². The van der Waals surface area contributed by atoms with Crippen molar-refractivity contribution < 1.29 is 14.3 Å². The number of hydrogen-bond donors (Lipinski definition) is 1. The van der Waals surface area contributed by atoms with Gasteiger partial charge in [0.1, 0.15) is 4.83 Å². The Morgan fingerprint density at radius 1 is 0.932 bits per heavy atom. The van der Waals surface area contributed by atoms with E-state index in [0.717, 1.165) is 87.4 Å². The van der Waals surface area contributed by atoms with E-state index in [9.17, 15) is 9.59 Å². The van der Waals surface area contributed by atoms with Crippen LogP contribution in [-0.2, 0) is 20.7 Å². The lowest BCUT2D eigenvalue weighted by atomic mass is 9.92. The molecule has 44 heavy (non-hydrogen) atoms. The molecule has 6 heterocycles. The number of nitrogens with zero attached hydrogens (tertiary/aromatic N) is 3. The Kier molecular flexibility index (Phi) is 8.42. The van der Waals surface area contributed by atoms with Crippen LogP contribution in [0, 0.1) is 19.8 Å². The maximum absolute atomic E-state index is 13.6. The highest BCUT2D eigenvalue weighted by molar-refractivity contribution is 7.20. The van der Waals surface area contributed by atoms with Gasteiger partial charge in [-0.05, 0) is 107 Å². The maximum atomic E-state index is 13.6. The van der Waals surface area contributed by atoms with Crippen molar-refractivity contribution in [3.63, 3.8) is 0 Å². The Morgan fingerprint density at radius 3 is 2.25 bits per heavy atom. The summed E-state index contributed by atoms with van der Waals surface area (Å²) in [5, 5.41) is 1.23. The number of fused-ring (bicyclic) bond motifs is 3. The van der Waals surface area contributed by atoms with Gasteiger partial charge in [0.25, 0.3) is 5.91 Å². The summed E-state index contributed by atoms with van der Waals surface area (Å²) in [6.45, 7) is 14.5. The van der Waals surface area contributed by atoms with Gasteiger partial charge >= 0.3 is 0 Å². The summed E-state index contributed by atoms with van der Waals surface area (Å²) < 4.78 is 5.42. The van der Waals surface area contributed by atoms with Gasteiger partial charge in [-0.2, -0.15) is 0 Å². The topological polar surface area (TPSA) is 68.9 Å². The van der Waals surface area contributed by atoms with Gasteiger partial charge in [0.05, 0.1) is 18.9 Å². The van der Waals surface area contributed by atoms with E-state index in [0.29, 0.717) is 49.1 Å². The third kappa shape index (κ3) is 5.88. The third-order valence-corrected chi connectivity index (χ3v) is 11.7. The van der Waals surface area contributed by atoms with Crippen LogP contribution < -0.4 is 0 Å². The van der Waals surface area contributed by atoms with Crippen molar-refractivity contribution in [1.29, 1.82) is 0 Å². The van der Waals surface area contributed by atoms with E-state index in [-0.39, 0.29) is 5.91 Å². The highest BCUT2D eigenvalue weighted by Crippen LogP contribution is 2.42. The number of thiophene rings is 1. The average molecular weight is 615 g/mol. The van der Waals surface area contributed by atoms with E-state index in [4.69, 9.17) is 4.74 Å². The number of piperidine rings is 1. The number of rotatable bonds is 8. The number of carbonyl (C=O) groups is 2. The number of aromatic amines is 1. The molecule has 0 spiro atoms. The van der Waals surface area contributed by atoms with Gasteiger partial charge in [-0.3, -0.25) is 9.59 Å². The minimum Gasteiger partial charge on any atom is -0.378 e. The Morgan fingerprint density at radius 2 is 1.59 bits per heavy atom. The normalized spacial score (nSPS) is 22.8. The third-order valence-electron chi connectivity index (χ3n) is 10.6. The minimum atomic E-state index is 0.130. The Hall–Kier alpha value is -2.94. The summed E-state index contributed by atoms with van der Waals surface area (Å²) in [7, 11) is 0. The lowest BCUT2D eigenvalue weighted by molar-refractivity contribution is -0.136. The van der Waals surface area contributed by atoms with Crippen LogP contribution in [-0.4, -0.2) is 89.5 Å². The lowest BCUT2D eigenvalue weighted by Gasteiger charge is -2.33. The largest absolute Gasteiger partial charge is 0.378 e. The molecule has 0 radical (unpaired) electrons. The van der Waals surface area contributed by atoms with Crippen LogP contribution in [0.3, 0.4) is 0 Å². The molecule has 1 N–H and O–H groups in total. The molecule has 1 aromatic carbocycles. The van der Waals surface area contributed by atoms with Gasteiger partial charge in [0.2, 0.25) is 5.91 Å². The van der Waals surface area contributed by atoms with Crippen molar-refractivity contribution in [1.82, 2.24) is 19.7 Å². The molecule has 0 saturated carbocycles. The summed E-state index contributed by atoms with van der Waals surface area (Å²) in [6, 6.07) is 9.80. The first-order chi connectivity index (χ1) is 21.3. The fourth-order valence-corrected chi connectivity index (χ4v) is 9.24. The van der Waals surface area contributed by atoms with Crippen LogP contribution in [0.1, 0.15) is 66.5 Å². The number of aromatic nitrogens is 1. The summed E-state index contributed by atoms with van der Waals surface area (Å²) in [5.41, 5.74) is 6.93. The van der Waals surface area contributed by atoms with Crippen molar-refractivity contribution in [3.8, 4) is 11.3 Å². The first-order valence-electron chi connectivity index (χ1n) is 16.7. The van der Waals surface area contributed by atoms with E-state index in [1.54, 1.807) is 11.3 Å². The lowest BCUT2D eigenvalue weighted by Crippen LogP contribution is -2.42. The zero-order valence-electron chi connectivity index (χ0n) is 26.3. The molecule has 4 aliphatic rings. The number of amides is 2. The molecule has 2 bridgehead atoms. The van der Waals surface area contributed by atoms with Crippen LogP contribution in [0.25, 0.3) is 27.0 Å². The summed E-state index contributed by atoms with van der Waals surface area (Å²) in [6.07, 6.45) is 8.31. The van der Waals surface area contributed by atoms with E-state index >= 15 is 0 Å². The second-order valence-electron chi connectivity index (χ2n) is 13.6. The van der Waals surface area contributed by atoms with Gasteiger partial charge < -0.3 is 24.4 Å². The predicted octanol–water partition coefficient (Wildman–Crippen LogP) is 6.18. The molecule has 4 fully saturated rings. The molecule has 7 rings (SSSR count). The van der Waals surface area contributed by atoms with Crippen molar-refractivity contribution in [2.24, 2.45) is 5.92 Å². The second-order valence-corrected chi connectivity index (χ2v) is 14.6. The molecule has 2 amide bonds. The Bertz CT molecular complexity index is 1520. The number of ether oxygens (including phenoxy) is 1. The molecule has 0 atom stereocenters. The molecule has 234 valence electrons. The van der Waals surface area contributed by atoms with E-state index in [1.165, 1.54) is 33.3 Å². The van der Waals surface area contributed by atoms with Gasteiger partial charge in [-0.15, -0.1) is 11.3 Å². The molecule has 4 aliphatic heterocycles. The molecule has 8 heteroatoms. The number of benzene rings is 1. The standard InChI is InChI=1S/C36H46N4O3S/c1-23-18-24(2)20-27(19-23)34-30(10-13-38-11-8-26(9-12-38)21-33(41)39-14-16-43-17-15-39)31-22-32(44-35(31)37-34)25(3)36(42)40-28-4-5-29(40)7-6-28/h18-20,22,26,28-29,37H,3-17,21H2,1-2H3. The average Bonchev–Trinajstić information content (AvgIpc) is 3.81. The molecular weight excluding hydrogens is 568 g/mol. The van der Waals surface area contributed by atoms with Crippen molar-refractivity contribution in [3.05, 3.63) is 52.4 Å². The molecule has 2 aromatic heterocycles. The monoisotopic (exact) mass is 614 g/mol. The van der Waals surface area contributed by atoms with Crippen molar-refractivity contribution in [2.75, 3.05) is 45.9 Å². The van der Waals surface area contributed by atoms with Gasteiger partial charge in [-0.1, -0.05) is 23.8 Å². The van der Waals surface area contributed by atoms with E-state index in [1.807, 2.05) is 4.90 Å². The summed E-state index contributed by atoms with van der Waals surface area (Å²) in [5.74, 6) is 0.899. The summed E-state index contributed by atoms with van der Waals surface area (Å²) >= 11 is 1.67. The highest BCUT2D eigenvalue weighted by atomic mass is 32.1. The maximum Gasteiger partial charge on any atom is 0.255 e. The SMILES string of the molecule is C=C(C(=O)N1C2CCC1CC2)c1cc2c(CCN3CCC(CC(=O)N4CCOCC4)CC3)c(-c3cc(C)cc(C)c3)[nH]c2s1. The molecule has 4 saturated heterocycles. The fraction of sp³-hybridized carbons (Fsp3) is 0.556. The van der Waals surface area contributed by atoms with Crippen LogP contribution in [0.4, 0.5) is 0 Å². The van der Waals surface area contributed by atoms with Crippen LogP contribution in [0.5, 0.6) is 0 Å². The molecular formula is C36H46N4O3S. The van der Waals surface area contributed by atoms with Crippen LogP contribution in [0.2, 0.25) is 0 Å². The zero-order valence-corrected chi connectivity index (χ0v) is 27.1. The van der Waals surface area contributed by atoms with Gasteiger partial charge in [-0.25, -0.2) is 0 Å². The highest BCUT2D eigenvalue weighted by Gasteiger charge is 2.43. The summed E-state index contributed by atoms with van der Waals surface area (Å²) in [4.78, 5) is 38.9. The quantitative estimate of drug-likeness (QED) is 0.308. The van der Waals surface area contributed by atoms with Crippen molar-refractivity contribution >= 4 is 38.9 Å². The molecule has 0 unspecified atom stereocenters. The number of aryl methyl sites for hydroxylation is 2. The number of carbonyl (C=O) groups excluding carboxylic acids is 2. The van der Waals surface area contributed by atoms with Gasteiger partial charge in [0, 0.05) is 54.0 Å². The zero-order chi connectivity index (χ0) is 30.4. The number of morpholine rings is 1. The first-order valence-corrected chi connectivity index (χ1v) is 17.5. The van der Waals surface area contributed by atoms with Crippen LogP contribution >= 0.6 is 11.3 Å². The first kappa shape index (κ1) is 29.8. The van der Waals surface area contributed by atoms with Gasteiger partial charge in [0.15, 0.2) is 0 Å². The predicted molar refractivity (Wildman–Crippen MR) is 178 cm³/mol. The number of hydrogen-bond acceptors (Lipinski definition) is 5. The molecule has 7 nitrogen and oxygen atoms in total. The second kappa shape index (κ2) is 12.5. The number of likely N-dealkylation sites (tertiary alicyclic amines) is 1. The number of H-pyrrole nitrogens is 1. The fourth-order valence-electron chi connectivity index (χ4n) is 8.18. The minimum absolute atomic E-state index is 0.130. The molecule has 3 aromatic rings. The number of nitrogens with one attached hydrogen (secondary N) is 1. The smallest absolute Gasteiger partial charge is 0.255 e. The Balaban J connectivity index is 1.07.